The molecule has 2 atom stereocenters. The normalized spacial score (nSPS) is 16.1. The molecule has 0 spiro atoms. The van der Waals surface area contributed by atoms with E-state index < -0.39 is 47.2 Å². The standard InChI is InChI=1S/C32H26F4N6O3/c1-2-41-30-27(24(18-25(43)38-16-15-37)40-42(30)23-9-4-3-5-10-23)26(19-11-13-22(33)14-12-19)28(31(41)45)39-29(44)20-7-6-8-21(17-20)32(34,35)36/h3-14,17,26,28H,2,16,18H2,1H3,(H,38,43)(H,39,44)/t26-,28+/m1/s1. The largest absolute Gasteiger partial charge is 0.416 e. The molecular formula is C32H26F4N6O3. The molecule has 0 radical (unpaired) electrons. The number of likely N-dealkylation sites (N-methyl/N-ethyl adjacent to an activating group) is 1. The van der Waals surface area contributed by atoms with E-state index in [0.29, 0.717) is 28.7 Å². The minimum atomic E-state index is -4.70. The zero-order chi connectivity index (χ0) is 32.3. The van der Waals surface area contributed by atoms with Gasteiger partial charge in [-0.25, -0.2) is 9.07 Å². The molecule has 1 aliphatic rings. The van der Waals surface area contributed by atoms with Crippen molar-refractivity contribution in [3.63, 3.8) is 0 Å². The van der Waals surface area contributed by atoms with E-state index in [1.807, 2.05) is 6.07 Å². The smallest absolute Gasteiger partial charge is 0.343 e. The van der Waals surface area contributed by atoms with Gasteiger partial charge in [0.2, 0.25) is 5.91 Å². The maximum absolute atomic E-state index is 14.2. The lowest BCUT2D eigenvalue weighted by atomic mass is 9.80. The molecule has 1 aromatic heterocycles. The van der Waals surface area contributed by atoms with Crippen LogP contribution in [-0.2, 0) is 22.2 Å². The van der Waals surface area contributed by atoms with Crippen molar-refractivity contribution in [3.05, 3.63) is 113 Å². The number of carbonyl (C=O) groups excluding carboxylic acids is 3. The average Bonchev–Trinajstić information content (AvgIpc) is 3.39. The number of nitriles is 1. The first-order chi connectivity index (χ1) is 21.5. The fourth-order valence-corrected chi connectivity index (χ4v) is 5.40. The molecule has 230 valence electrons. The summed E-state index contributed by atoms with van der Waals surface area (Å²) in [5.41, 5.74) is 0.208. The highest BCUT2D eigenvalue weighted by Gasteiger charge is 2.46. The molecule has 13 heteroatoms. The van der Waals surface area contributed by atoms with Crippen molar-refractivity contribution >= 4 is 23.5 Å². The number of halogens is 4. The third-order valence-electron chi connectivity index (χ3n) is 7.38. The van der Waals surface area contributed by atoms with Gasteiger partial charge in [-0.2, -0.15) is 23.5 Å². The van der Waals surface area contributed by atoms with Crippen LogP contribution < -0.4 is 15.5 Å². The zero-order valence-corrected chi connectivity index (χ0v) is 23.8. The van der Waals surface area contributed by atoms with Crippen LogP contribution in [-0.4, -0.2) is 46.6 Å². The van der Waals surface area contributed by atoms with E-state index in [1.165, 1.54) is 39.9 Å². The lowest BCUT2D eigenvalue weighted by Gasteiger charge is -2.38. The van der Waals surface area contributed by atoms with E-state index in [4.69, 9.17) is 10.4 Å². The number of fused-ring (bicyclic) bond motifs is 1. The molecule has 3 aromatic carbocycles. The van der Waals surface area contributed by atoms with Gasteiger partial charge in [0.15, 0.2) is 0 Å². The minimum absolute atomic E-state index is 0.108. The van der Waals surface area contributed by atoms with E-state index in [0.717, 1.165) is 12.1 Å². The number of benzene rings is 3. The molecule has 3 amide bonds. The second-order valence-corrected chi connectivity index (χ2v) is 10.2. The number of nitrogens with zero attached hydrogens (tertiary/aromatic N) is 4. The fraction of sp³-hybridized carbons (Fsp3) is 0.219. The highest BCUT2D eigenvalue weighted by molar-refractivity contribution is 6.05. The number of para-hydroxylation sites is 1. The van der Waals surface area contributed by atoms with E-state index in [9.17, 15) is 31.9 Å². The molecule has 0 fully saturated rings. The summed E-state index contributed by atoms with van der Waals surface area (Å²) in [6.07, 6.45) is -5.00. The summed E-state index contributed by atoms with van der Waals surface area (Å²) in [4.78, 5) is 41.9. The van der Waals surface area contributed by atoms with Crippen molar-refractivity contribution in [2.45, 2.75) is 31.5 Å². The van der Waals surface area contributed by atoms with E-state index in [-0.39, 0.29) is 30.8 Å². The van der Waals surface area contributed by atoms with Crippen LogP contribution in [0.1, 0.15) is 45.6 Å². The third kappa shape index (κ3) is 6.26. The lowest BCUT2D eigenvalue weighted by Crippen LogP contribution is -2.55. The van der Waals surface area contributed by atoms with Crippen molar-refractivity contribution < 1.29 is 31.9 Å². The van der Waals surface area contributed by atoms with Crippen LogP contribution in [0.3, 0.4) is 0 Å². The highest BCUT2D eigenvalue weighted by Crippen LogP contribution is 2.44. The number of aromatic nitrogens is 2. The first-order valence-corrected chi connectivity index (χ1v) is 13.9. The van der Waals surface area contributed by atoms with Crippen molar-refractivity contribution in [1.82, 2.24) is 20.4 Å². The first-order valence-electron chi connectivity index (χ1n) is 13.9. The second-order valence-electron chi connectivity index (χ2n) is 10.2. The van der Waals surface area contributed by atoms with Crippen molar-refractivity contribution in [1.29, 1.82) is 5.26 Å². The van der Waals surface area contributed by atoms with Gasteiger partial charge < -0.3 is 10.6 Å². The summed E-state index contributed by atoms with van der Waals surface area (Å²) in [5, 5.41) is 18.8. The van der Waals surface area contributed by atoms with Gasteiger partial charge in [0, 0.05) is 23.6 Å². The van der Waals surface area contributed by atoms with Gasteiger partial charge in [0.25, 0.3) is 11.8 Å². The van der Waals surface area contributed by atoms with Gasteiger partial charge >= 0.3 is 6.18 Å². The maximum Gasteiger partial charge on any atom is 0.416 e. The molecule has 9 nitrogen and oxygen atoms in total. The predicted octanol–water partition coefficient (Wildman–Crippen LogP) is 4.51. The summed E-state index contributed by atoms with van der Waals surface area (Å²) < 4.78 is 55.8. The number of hydrogen-bond acceptors (Lipinski definition) is 5. The summed E-state index contributed by atoms with van der Waals surface area (Å²) in [7, 11) is 0. The number of hydrogen-bond donors (Lipinski definition) is 2. The highest BCUT2D eigenvalue weighted by atomic mass is 19.4. The molecule has 0 unspecified atom stereocenters. The first kappa shape index (κ1) is 30.9. The molecular weight excluding hydrogens is 592 g/mol. The number of alkyl halides is 3. The Morgan fingerprint density at radius 2 is 1.73 bits per heavy atom. The zero-order valence-electron chi connectivity index (χ0n) is 23.8. The third-order valence-corrected chi connectivity index (χ3v) is 7.38. The average molecular weight is 619 g/mol. The molecule has 2 N–H and O–H groups in total. The maximum atomic E-state index is 14.2. The van der Waals surface area contributed by atoms with Crippen molar-refractivity contribution in [2.75, 3.05) is 18.0 Å². The Balaban J connectivity index is 1.70. The van der Waals surface area contributed by atoms with Crippen LogP contribution in [0, 0.1) is 17.1 Å². The molecule has 0 saturated heterocycles. The Labute approximate surface area is 255 Å². The van der Waals surface area contributed by atoms with Crippen LogP contribution in [0.5, 0.6) is 0 Å². The summed E-state index contributed by atoms with van der Waals surface area (Å²) in [6, 6.07) is 18.3. The number of nitrogens with one attached hydrogen (secondary N) is 2. The van der Waals surface area contributed by atoms with E-state index >= 15 is 0 Å². The van der Waals surface area contributed by atoms with Crippen molar-refractivity contribution in [3.8, 4) is 11.8 Å². The van der Waals surface area contributed by atoms with E-state index in [2.05, 4.69) is 10.6 Å². The molecule has 2 heterocycles. The van der Waals surface area contributed by atoms with Crippen LogP contribution in [0.4, 0.5) is 23.4 Å². The SMILES string of the molecule is CCN1C(=O)[C@@H](NC(=O)c2cccc(C(F)(F)F)c2)[C@H](c2ccc(F)cc2)c2c(CC(=O)NCC#N)nn(-c3ccccc3)c21. The van der Waals surface area contributed by atoms with Crippen LogP contribution >= 0.6 is 0 Å². The van der Waals surface area contributed by atoms with E-state index in [1.54, 1.807) is 37.3 Å². The summed E-state index contributed by atoms with van der Waals surface area (Å²) in [6.45, 7) is 1.56. The van der Waals surface area contributed by atoms with Gasteiger partial charge in [-0.15, -0.1) is 0 Å². The Morgan fingerprint density at radius 1 is 1.02 bits per heavy atom. The number of rotatable bonds is 8. The quantitative estimate of drug-likeness (QED) is 0.223. The number of anilines is 1. The number of amides is 3. The summed E-state index contributed by atoms with van der Waals surface area (Å²) in [5.74, 6) is -3.32. The predicted molar refractivity (Wildman–Crippen MR) is 155 cm³/mol. The van der Waals surface area contributed by atoms with Gasteiger partial charge in [-0.3, -0.25) is 19.3 Å². The lowest BCUT2D eigenvalue weighted by molar-refractivity contribution is -0.137. The molecule has 4 aromatic rings. The van der Waals surface area contributed by atoms with Crippen LogP contribution in [0.2, 0.25) is 0 Å². The fourth-order valence-electron chi connectivity index (χ4n) is 5.40. The van der Waals surface area contributed by atoms with Crippen LogP contribution in [0.15, 0.2) is 78.9 Å². The molecule has 1 aliphatic heterocycles. The Morgan fingerprint density at radius 3 is 2.38 bits per heavy atom. The molecule has 5 rings (SSSR count). The topological polar surface area (TPSA) is 120 Å². The summed E-state index contributed by atoms with van der Waals surface area (Å²) >= 11 is 0. The molecule has 0 aliphatic carbocycles. The molecule has 0 bridgehead atoms. The van der Waals surface area contributed by atoms with Gasteiger partial charge in [0.1, 0.15) is 24.2 Å². The van der Waals surface area contributed by atoms with Gasteiger partial charge in [-0.1, -0.05) is 36.4 Å². The Bertz CT molecular complexity index is 1780. The Hall–Kier alpha value is -5.51. The minimum Gasteiger partial charge on any atom is -0.343 e. The molecule has 0 saturated carbocycles. The van der Waals surface area contributed by atoms with Gasteiger partial charge in [-0.05, 0) is 55.0 Å². The second kappa shape index (κ2) is 12.6. The Kier molecular flexibility index (Phi) is 8.67. The molecule has 45 heavy (non-hydrogen) atoms. The monoisotopic (exact) mass is 618 g/mol. The van der Waals surface area contributed by atoms with Crippen LogP contribution in [0.25, 0.3) is 5.69 Å². The van der Waals surface area contributed by atoms with Crippen molar-refractivity contribution in [2.24, 2.45) is 0 Å². The van der Waals surface area contributed by atoms with Gasteiger partial charge in [0.05, 0.1) is 29.4 Å². The number of carbonyl (C=O) groups is 3.